The Bertz CT molecular complexity index is 455. The van der Waals surface area contributed by atoms with E-state index in [1.165, 1.54) is 6.21 Å². The van der Waals surface area contributed by atoms with Crippen molar-refractivity contribution in [2.45, 2.75) is 6.92 Å². The third kappa shape index (κ3) is 3.64. The van der Waals surface area contributed by atoms with Gasteiger partial charge in [0.2, 0.25) is 0 Å². The van der Waals surface area contributed by atoms with Crippen molar-refractivity contribution in [3.8, 4) is 17.6 Å². The number of halogens is 1. The molecule has 5 nitrogen and oxygen atoms in total. The van der Waals surface area contributed by atoms with Gasteiger partial charge in [-0.3, -0.25) is 0 Å². The van der Waals surface area contributed by atoms with Gasteiger partial charge in [0.25, 0.3) is 0 Å². The maximum absolute atomic E-state index is 8.51. The van der Waals surface area contributed by atoms with Gasteiger partial charge in [-0.1, -0.05) is 0 Å². The Balaban J connectivity index is 3.13. The van der Waals surface area contributed by atoms with Gasteiger partial charge in [0.15, 0.2) is 18.1 Å². The zero-order chi connectivity index (χ0) is 12.7. The monoisotopic (exact) mass is 297 g/mol. The normalized spacial score (nSPS) is 10.2. The van der Waals surface area contributed by atoms with E-state index in [1.807, 2.05) is 13.0 Å². The van der Waals surface area contributed by atoms with E-state index in [1.54, 1.807) is 12.1 Å². The van der Waals surface area contributed by atoms with E-state index in [0.717, 1.165) is 5.56 Å². The van der Waals surface area contributed by atoms with E-state index >= 15 is 0 Å². The van der Waals surface area contributed by atoms with Crippen molar-refractivity contribution in [3.63, 3.8) is 0 Å². The maximum atomic E-state index is 8.51. The zero-order valence-electron chi connectivity index (χ0n) is 9.31. The topological polar surface area (TPSA) is 80.6 Å². The van der Waals surface area contributed by atoms with Crippen LogP contribution in [0.15, 0.2) is 21.7 Å². The third-order valence-electron chi connectivity index (χ3n) is 1.84. The molecule has 1 aromatic rings. The fraction of sp³-hybridized carbons (Fsp3) is 0.273. The van der Waals surface area contributed by atoms with Crippen molar-refractivity contribution in [2.24, 2.45) is 10.9 Å². The van der Waals surface area contributed by atoms with Crippen LogP contribution < -0.4 is 15.3 Å². The van der Waals surface area contributed by atoms with Gasteiger partial charge >= 0.3 is 0 Å². The highest BCUT2D eigenvalue weighted by molar-refractivity contribution is 9.10. The fourth-order valence-electron chi connectivity index (χ4n) is 1.26. The average molecular weight is 298 g/mol. The molecule has 0 unspecified atom stereocenters. The molecule has 17 heavy (non-hydrogen) atoms. The number of hydrazone groups is 1. The van der Waals surface area contributed by atoms with Gasteiger partial charge in [0, 0.05) is 0 Å². The molecule has 0 spiro atoms. The van der Waals surface area contributed by atoms with Crippen molar-refractivity contribution >= 4 is 22.1 Å². The van der Waals surface area contributed by atoms with Gasteiger partial charge in [-0.05, 0) is 40.5 Å². The molecule has 0 saturated carbocycles. The summed E-state index contributed by atoms with van der Waals surface area (Å²) in [6, 6.07) is 5.44. The Morgan fingerprint density at radius 1 is 1.53 bits per heavy atom. The Morgan fingerprint density at radius 3 is 2.88 bits per heavy atom. The van der Waals surface area contributed by atoms with Gasteiger partial charge in [-0.15, -0.1) is 0 Å². The van der Waals surface area contributed by atoms with Gasteiger partial charge in [-0.2, -0.15) is 10.4 Å². The molecule has 0 radical (unpaired) electrons. The van der Waals surface area contributed by atoms with Crippen molar-refractivity contribution in [1.29, 1.82) is 5.26 Å². The largest absolute Gasteiger partial charge is 0.490 e. The second-order valence-corrected chi connectivity index (χ2v) is 3.84. The highest BCUT2D eigenvalue weighted by Gasteiger charge is 2.11. The lowest BCUT2D eigenvalue weighted by Gasteiger charge is -2.12. The molecule has 0 aromatic heterocycles. The summed E-state index contributed by atoms with van der Waals surface area (Å²) < 4.78 is 11.4. The molecule has 2 N–H and O–H groups in total. The van der Waals surface area contributed by atoms with Crippen molar-refractivity contribution in [2.75, 3.05) is 13.2 Å². The molecular formula is C11H12BrN3O2. The van der Waals surface area contributed by atoms with Crippen molar-refractivity contribution < 1.29 is 9.47 Å². The number of ether oxygens (including phenoxy) is 2. The molecule has 1 rings (SSSR count). The van der Waals surface area contributed by atoms with Crippen LogP contribution in [0.2, 0.25) is 0 Å². The predicted molar refractivity (Wildman–Crippen MR) is 68.2 cm³/mol. The first-order valence-corrected chi connectivity index (χ1v) is 5.71. The lowest BCUT2D eigenvalue weighted by molar-refractivity contribution is 0.297. The van der Waals surface area contributed by atoms with Crippen LogP contribution in [0.4, 0.5) is 0 Å². The van der Waals surface area contributed by atoms with Crippen LogP contribution in [-0.4, -0.2) is 19.4 Å². The van der Waals surface area contributed by atoms with E-state index in [0.29, 0.717) is 22.6 Å². The molecule has 6 heteroatoms. The molecule has 0 saturated heterocycles. The average Bonchev–Trinajstić information content (AvgIpc) is 2.29. The first-order chi connectivity index (χ1) is 8.22. The summed E-state index contributed by atoms with van der Waals surface area (Å²) in [4.78, 5) is 0. The summed E-state index contributed by atoms with van der Waals surface area (Å²) in [5.74, 6) is 6.14. The number of hydrogen-bond acceptors (Lipinski definition) is 5. The molecular weight excluding hydrogens is 286 g/mol. The molecule has 0 fully saturated rings. The van der Waals surface area contributed by atoms with E-state index in [-0.39, 0.29) is 6.61 Å². The first kappa shape index (κ1) is 13.3. The van der Waals surface area contributed by atoms with Crippen LogP contribution in [0, 0.1) is 11.3 Å². The van der Waals surface area contributed by atoms with Crippen LogP contribution in [0.5, 0.6) is 11.5 Å². The Kier molecular flexibility index (Phi) is 5.30. The first-order valence-electron chi connectivity index (χ1n) is 4.92. The van der Waals surface area contributed by atoms with Gasteiger partial charge < -0.3 is 15.3 Å². The summed E-state index contributed by atoms with van der Waals surface area (Å²) in [6.07, 6.45) is 1.50. The number of nitrogens with two attached hydrogens (primary N) is 1. The fourth-order valence-corrected chi connectivity index (χ4v) is 1.83. The van der Waals surface area contributed by atoms with Gasteiger partial charge in [-0.25, -0.2) is 0 Å². The Labute approximate surface area is 108 Å². The Morgan fingerprint density at radius 2 is 2.29 bits per heavy atom. The van der Waals surface area contributed by atoms with Crippen LogP contribution >= 0.6 is 15.9 Å². The summed E-state index contributed by atoms with van der Waals surface area (Å²) in [7, 11) is 0. The van der Waals surface area contributed by atoms with E-state index < -0.39 is 0 Å². The molecule has 0 amide bonds. The minimum Gasteiger partial charge on any atom is -0.490 e. The van der Waals surface area contributed by atoms with Crippen LogP contribution in [0.3, 0.4) is 0 Å². The molecule has 0 heterocycles. The van der Waals surface area contributed by atoms with Gasteiger partial charge in [0.1, 0.15) is 6.07 Å². The van der Waals surface area contributed by atoms with Gasteiger partial charge in [0.05, 0.1) is 17.3 Å². The quantitative estimate of drug-likeness (QED) is 0.512. The molecule has 0 aliphatic heterocycles. The lowest BCUT2D eigenvalue weighted by Crippen LogP contribution is -2.01. The molecule has 0 bridgehead atoms. The lowest BCUT2D eigenvalue weighted by atomic mass is 10.2. The molecule has 0 aliphatic rings. The summed E-state index contributed by atoms with van der Waals surface area (Å²) in [5, 5.41) is 12.0. The minimum atomic E-state index is -0.0387. The minimum absolute atomic E-state index is 0.0387. The second-order valence-electron chi connectivity index (χ2n) is 2.99. The van der Waals surface area contributed by atoms with Crippen LogP contribution in [-0.2, 0) is 0 Å². The number of rotatable bonds is 5. The van der Waals surface area contributed by atoms with E-state index in [9.17, 15) is 0 Å². The van der Waals surface area contributed by atoms with Crippen LogP contribution in [0.25, 0.3) is 0 Å². The Hall–Kier alpha value is -1.74. The summed E-state index contributed by atoms with van der Waals surface area (Å²) >= 11 is 3.35. The summed E-state index contributed by atoms with van der Waals surface area (Å²) in [5.41, 5.74) is 0.784. The number of hydrogen-bond donors (Lipinski definition) is 1. The predicted octanol–water partition coefficient (Wildman–Crippen LogP) is 2.04. The maximum Gasteiger partial charge on any atom is 0.176 e. The molecule has 0 aliphatic carbocycles. The van der Waals surface area contributed by atoms with E-state index in [2.05, 4.69) is 21.0 Å². The highest BCUT2D eigenvalue weighted by atomic mass is 79.9. The standard InChI is InChI=1S/C11H12BrN3O2/c1-2-16-10-6-8(7-15-14)5-9(12)11(10)17-4-3-13/h5-7H,2,4,14H2,1H3. The zero-order valence-corrected chi connectivity index (χ0v) is 10.9. The highest BCUT2D eigenvalue weighted by Crippen LogP contribution is 2.36. The number of benzene rings is 1. The third-order valence-corrected chi connectivity index (χ3v) is 2.43. The number of nitriles is 1. The van der Waals surface area contributed by atoms with E-state index in [4.69, 9.17) is 20.6 Å². The molecule has 90 valence electrons. The SMILES string of the molecule is CCOc1cc(C=NN)cc(Br)c1OCC#N. The second kappa shape index (κ2) is 6.76. The van der Waals surface area contributed by atoms with Crippen molar-refractivity contribution in [1.82, 2.24) is 0 Å². The number of nitrogens with zero attached hydrogens (tertiary/aromatic N) is 2. The van der Waals surface area contributed by atoms with Crippen molar-refractivity contribution in [3.05, 3.63) is 22.2 Å². The molecule has 1 aromatic carbocycles. The summed E-state index contributed by atoms with van der Waals surface area (Å²) in [6.45, 7) is 2.33. The molecule has 0 atom stereocenters. The van der Waals surface area contributed by atoms with Crippen LogP contribution in [0.1, 0.15) is 12.5 Å². The smallest absolute Gasteiger partial charge is 0.176 e.